The molecule has 4 heteroatoms. The van der Waals surface area contributed by atoms with E-state index in [9.17, 15) is 4.79 Å². The van der Waals surface area contributed by atoms with E-state index in [4.69, 9.17) is 0 Å². The number of hydrogen-bond acceptors (Lipinski definition) is 3. The molecule has 12 heavy (non-hydrogen) atoms. The van der Waals surface area contributed by atoms with Crippen LogP contribution in [0.15, 0.2) is 0 Å². The van der Waals surface area contributed by atoms with Gasteiger partial charge in [0, 0.05) is 19.0 Å². The smallest absolute Gasteiger partial charge is 0.217 e. The van der Waals surface area contributed by atoms with Crippen LogP contribution in [0.2, 0.25) is 0 Å². The molecule has 0 aliphatic heterocycles. The largest absolute Gasteiger partial charge is 0.354 e. The molecule has 0 aromatic rings. The van der Waals surface area contributed by atoms with Crippen LogP contribution in [0.4, 0.5) is 0 Å². The molecule has 1 fully saturated rings. The molecule has 1 aliphatic carbocycles. The van der Waals surface area contributed by atoms with Crippen LogP contribution in [0.3, 0.4) is 0 Å². The minimum absolute atomic E-state index is 0.0808. The summed E-state index contributed by atoms with van der Waals surface area (Å²) in [4.78, 5) is 10.7. The molecule has 1 amide bonds. The normalized spacial score (nSPS) is 29.8. The Morgan fingerprint density at radius 2 is 1.75 bits per heavy atom. The Labute approximate surface area is 78.8 Å². The van der Waals surface area contributed by atoms with Crippen molar-refractivity contribution in [3.8, 4) is 0 Å². The summed E-state index contributed by atoms with van der Waals surface area (Å²) in [7, 11) is 0. The summed E-state index contributed by atoms with van der Waals surface area (Å²) in [5.74, 6) is 0.0808. The molecule has 0 saturated heterocycles. The van der Waals surface area contributed by atoms with Gasteiger partial charge in [-0.15, -0.1) is 0 Å². The van der Waals surface area contributed by atoms with Crippen LogP contribution in [-0.2, 0) is 4.79 Å². The highest BCUT2D eigenvalue weighted by molar-refractivity contribution is 7.78. The first-order valence-corrected chi connectivity index (χ1v) is 4.84. The Morgan fingerprint density at radius 1 is 1.25 bits per heavy atom. The highest BCUT2D eigenvalue weighted by Crippen LogP contribution is 2.18. The van der Waals surface area contributed by atoms with Gasteiger partial charge in [-0.3, -0.25) is 9.52 Å². The lowest BCUT2D eigenvalue weighted by molar-refractivity contribution is -0.119. The maximum absolute atomic E-state index is 10.7. The molecular formula is C8H16N2OS. The fraction of sp³-hybridized carbons (Fsp3) is 0.875. The van der Waals surface area contributed by atoms with Gasteiger partial charge in [-0.05, 0) is 25.7 Å². The molecule has 2 N–H and O–H groups in total. The lowest BCUT2D eigenvalue weighted by atomic mass is 9.92. The van der Waals surface area contributed by atoms with Gasteiger partial charge in [-0.1, -0.05) is 12.8 Å². The predicted molar refractivity (Wildman–Crippen MR) is 52.0 cm³/mol. The van der Waals surface area contributed by atoms with Gasteiger partial charge in [0.15, 0.2) is 0 Å². The topological polar surface area (TPSA) is 41.1 Å². The van der Waals surface area contributed by atoms with Crippen LogP contribution >= 0.6 is 12.8 Å². The number of carbonyl (C=O) groups excluding carboxylic acids is 1. The quantitative estimate of drug-likeness (QED) is 0.563. The zero-order chi connectivity index (χ0) is 8.97. The summed E-state index contributed by atoms with van der Waals surface area (Å²) in [6.07, 6.45) is 4.35. The van der Waals surface area contributed by atoms with Crippen LogP contribution in [0.5, 0.6) is 0 Å². The Bertz CT molecular complexity index is 155. The molecule has 1 saturated carbocycles. The Morgan fingerprint density at radius 3 is 2.17 bits per heavy atom. The van der Waals surface area contributed by atoms with Gasteiger partial charge >= 0.3 is 0 Å². The summed E-state index contributed by atoms with van der Waals surface area (Å²) < 4.78 is 2.96. The molecule has 1 rings (SSSR count). The molecule has 70 valence electrons. The summed E-state index contributed by atoms with van der Waals surface area (Å²) in [6.45, 7) is 1.57. The molecule has 1 aliphatic rings. The van der Waals surface area contributed by atoms with E-state index in [0.717, 1.165) is 25.7 Å². The van der Waals surface area contributed by atoms with E-state index >= 15 is 0 Å². The van der Waals surface area contributed by atoms with Crippen LogP contribution in [0.25, 0.3) is 0 Å². The predicted octanol–water partition coefficient (Wildman–Crippen LogP) is 0.868. The third-order valence-corrected chi connectivity index (χ3v) is 2.68. The van der Waals surface area contributed by atoms with Crippen molar-refractivity contribution in [1.29, 1.82) is 0 Å². The second kappa shape index (κ2) is 4.72. The van der Waals surface area contributed by atoms with E-state index in [2.05, 4.69) is 22.9 Å². The Balaban J connectivity index is 2.21. The van der Waals surface area contributed by atoms with Crippen LogP contribution in [0, 0.1) is 0 Å². The van der Waals surface area contributed by atoms with E-state index in [-0.39, 0.29) is 5.91 Å². The minimum atomic E-state index is 0.0808. The van der Waals surface area contributed by atoms with Crippen molar-refractivity contribution in [2.45, 2.75) is 44.7 Å². The van der Waals surface area contributed by atoms with Gasteiger partial charge in [0.05, 0.1) is 0 Å². The Kier molecular flexibility index (Phi) is 3.88. The zero-order valence-electron chi connectivity index (χ0n) is 7.34. The molecular weight excluding hydrogens is 172 g/mol. The molecule has 0 radical (unpaired) electrons. The van der Waals surface area contributed by atoms with Gasteiger partial charge in [0.25, 0.3) is 0 Å². The SMILES string of the molecule is CC(=O)N[C@H]1CC[C@@H](NS)CC1. The highest BCUT2D eigenvalue weighted by Gasteiger charge is 2.20. The minimum Gasteiger partial charge on any atom is -0.354 e. The third-order valence-electron chi connectivity index (χ3n) is 2.32. The first kappa shape index (κ1) is 9.86. The molecule has 0 aromatic heterocycles. The van der Waals surface area contributed by atoms with Gasteiger partial charge in [-0.25, -0.2) is 0 Å². The number of thiol groups is 1. The zero-order valence-corrected chi connectivity index (χ0v) is 8.23. The lowest BCUT2D eigenvalue weighted by Crippen LogP contribution is -2.39. The van der Waals surface area contributed by atoms with Gasteiger partial charge in [0.2, 0.25) is 5.91 Å². The van der Waals surface area contributed by atoms with Crippen molar-refractivity contribution in [2.75, 3.05) is 0 Å². The summed E-state index contributed by atoms with van der Waals surface area (Å²) >= 11 is 4.03. The third kappa shape index (κ3) is 3.03. The number of hydrogen-bond donors (Lipinski definition) is 3. The second-order valence-electron chi connectivity index (χ2n) is 3.38. The number of rotatable bonds is 2. The van der Waals surface area contributed by atoms with Gasteiger partial charge in [0.1, 0.15) is 0 Å². The lowest BCUT2D eigenvalue weighted by Gasteiger charge is -2.27. The standard InChI is InChI=1S/C8H16N2OS/c1-6(11)9-7-2-4-8(10-12)5-3-7/h7-8,10,12H,2-5H2,1H3,(H,9,11)/t7-,8+. The number of nitrogens with one attached hydrogen (secondary N) is 2. The first-order valence-electron chi connectivity index (χ1n) is 4.39. The average Bonchev–Trinajstić information content (AvgIpc) is 2.05. The second-order valence-corrected chi connectivity index (χ2v) is 3.64. The summed E-state index contributed by atoms with van der Waals surface area (Å²) in [5.41, 5.74) is 0. The van der Waals surface area contributed by atoms with Crippen molar-refractivity contribution in [3.05, 3.63) is 0 Å². The van der Waals surface area contributed by atoms with E-state index in [1.54, 1.807) is 6.92 Å². The monoisotopic (exact) mass is 188 g/mol. The van der Waals surface area contributed by atoms with E-state index in [1.807, 2.05) is 0 Å². The highest BCUT2D eigenvalue weighted by atomic mass is 32.1. The van der Waals surface area contributed by atoms with Crippen molar-refractivity contribution in [2.24, 2.45) is 0 Å². The maximum atomic E-state index is 10.7. The average molecular weight is 188 g/mol. The Hall–Kier alpha value is -0.220. The summed E-state index contributed by atoms with van der Waals surface area (Å²) in [5, 5.41) is 2.93. The van der Waals surface area contributed by atoms with Crippen LogP contribution in [-0.4, -0.2) is 18.0 Å². The van der Waals surface area contributed by atoms with Crippen molar-refractivity contribution in [3.63, 3.8) is 0 Å². The molecule has 0 spiro atoms. The molecule has 0 heterocycles. The van der Waals surface area contributed by atoms with Crippen LogP contribution < -0.4 is 10.0 Å². The van der Waals surface area contributed by atoms with E-state index in [0.29, 0.717) is 12.1 Å². The van der Waals surface area contributed by atoms with Crippen LogP contribution in [0.1, 0.15) is 32.6 Å². The maximum Gasteiger partial charge on any atom is 0.217 e. The van der Waals surface area contributed by atoms with Gasteiger partial charge in [-0.2, -0.15) is 0 Å². The van der Waals surface area contributed by atoms with E-state index < -0.39 is 0 Å². The van der Waals surface area contributed by atoms with Crippen molar-refractivity contribution in [1.82, 2.24) is 10.0 Å². The molecule has 0 unspecified atom stereocenters. The molecule has 0 aromatic carbocycles. The van der Waals surface area contributed by atoms with Crippen molar-refractivity contribution < 1.29 is 4.79 Å². The first-order chi connectivity index (χ1) is 5.72. The van der Waals surface area contributed by atoms with Gasteiger partial charge < -0.3 is 5.32 Å². The summed E-state index contributed by atoms with van der Waals surface area (Å²) in [6, 6.07) is 0.916. The molecule has 3 nitrogen and oxygen atoms in total. The van der Waals surface area contributed by atoms with Crippen molar-refractivity contribution >= 4 is 18.7 Å². The number of carbonyl (C=O) groups is 1. The fourth-order valence-corrected chi connectivity index (χ4v) is 1.91. The van der Waals surface area contributed by atoms with E-state index in [1.165, 1.54) is 0 Å². The molecule has 0 bridgehead atoms. The number of amides is 1. The molecule has 0 atom stereocenters. The fourth-order valence-electron chi connectivity index (χ4n) is 1.65.